The van der Waals surface area contributed by atoms with Gasteiger partial charge in [0.25, 0.3) is 5.91 Å². The summed E-state index contributed by atoms with van der Waals surface area (Å²) in [6, 6.07) is 5.69. The molecule has 28 heavy (non-hydrogen) atoms. The van der Waals surface area contributed by atoms with Gasteiger partial charge in [-0.05, 0) is 44.4 Å². The van der Waals surface area contributed by atoms with Crippen LogP contribution in [0.4, 0.5) is 0 Å². The van der Waals surface area contributed by atoms with Gasteiger partial charge >= 0.3 is 0 Å². The van der Waals surface area contributed by atoms with Crippen molar-refractivity contribution in [3.05, 3.63) is 28.9 Å². The molecule has 1 aromatic carbocycles. The number of hydrogen-bond donors (Lipinski definition) is 1. The quantitative estimate of drug-likeness (QED) is 0.620. The Hall–Kier alpha value is -1.49. The fourth-order valence-corrected chi connectivity index (χ4v) is 4.21. The lowest BCUT2D eigenvalue weighted by Crippen LogP contribution is -2.51. The highest BCUT2D eigenvalue weighted by atomic mass is 79.9. The van der Waals surface area contributed by atoms with Gasteiger partial charge in [-0.15, -0.1) is 0 Å². The zero-order valence-corrected chi connectivity index (χ0v) is 18.3. The lowest BCUT2D eigenvalue weighted by atomic mass is 10.1. The number of carbonyl (C=O) groups excluding carboxylic acids is 1. The molecule has 2 heterocycles. The molecule has 2 aromatic rings. The van der Waals surface area contributed by atoms with E-state index in [2.05, 4.69) is 26.5 Å². The zero-order valence-electron chi connectivity index (χ0n) is 15.9. The molecule has 0 aliphatic carbocycles. The Morgan fingerprint density at radius 1 is 1.46 bits per heavy atom. The Kier molecular flexibility index (Phi) is 6.43. The highest BCUT2D eigenvalue weighted by Gasteiger charge is 2.44. The Labute approximate surface area is 172 Å². The first kappa shape index (κ1) is 21.2. The van der Waals surface area contributed by atoms with E-state index in [1.165, 1.54) is 6.92 Å². The number of fused-ring (bicyclic) bond motifs is 1. The number of aromatic nitrogens is 2. The van der Waals surface area contributed by atoms with Crippen molar-refractivity contribution in [1.82, 2.24) is 15.3 Å². The summed E-state index contributed by atoms with van der Waals surface area (Å²) >= 11 is 3.41. The minimum atomic E-state index is -3.71. The first-order chi connectivity index (χ1) is 13.2. The van der Waals surface area contributed by atoms with E-state index < -0.39 is 26.8 Å². The lowest BCUT2D eigenvalue weighted by Gasteiger charge is -2.28. The van der Waals surface area contributed by atoms with E-state index in [4.69, 9.17) is 9.57 Å². The molecule has 0 saturated carbocycles. The van der Waals surface area contributed by atoms with E-state index in [0.29, 0.717) is 13.0 Å². The van der Waals surface area contributed by atoms with Gasteiger partial charge in [-0.1, -0.05) is 15.9 Å². The Morgan fingerprint density at radius 3 is 2.93 bits per heavy atom. The third-order valence-electron chi connectivity index (χ3n) is 5.05. The number of rotatable bonds is 7. The molecule has 1 aromatic heterocycles. The largest absolute Gasteiger partial charge is 0.350 e. The number of carbonyl (C=O) groups is 1. The predicted octanol–water partition coefficient (Wildman–Crippen LogP) is 2.57. The molecule has 2 atom stereocenters. The van der Waals surface area contributed by atoms with Crippen molar-refractivity contribution in [1.29, 1.82) is 0 Å². The Bertz CT molecular complexity index is 955. The number of nitrogens with one attached hydrogen (secondary N) is 1. The van der Waals surface area contributed by atoms with E-state index in [0.717, 1.165) is 34.5 Å². The van der Waals surface area contributed by atoms with Crippen LogP contribution in [0.5, 0.6) is 0 Å². The molecule has 154 valence electrons. The van der Waals surface area contributed by atoms with Gasteiger partial charge in [0.15, 0.2) is 20.9 Å². The van der Waals surface area contributed by atoms with Crippen LogP contribution in [-0.2, 0) is 30.8 Å². The highest BCUT2D eigenvalue weighted by molar-refractivity contribution is 9.10. The van der Waals surface area contributed by atoms with Gasteiger partial charge < -0.3 is 4.74 Å². The Balaban J connectivity index is 1.70. The summed E-state index contributed by atoms with van der Waals surface area (Å²) in [6.07, 6.45) is 4.94. The van der Waals surface area contributed by atoms with Crippen molar-refractivity contribution in [2.24, 2.45) is 0 Å². The van der Waals surface area contributed by atoms with Gasteiger partial charge in [-0.2, -0.15) is 5.10 Å². The minimum absolute atomic E-state index is 0.0573. The van der Waals surface area contributed by atoms with E-state index in [-0.39, 0.29) is 13.0 Å². The van der Waals surface area contributed by atoms with Crippen LogP contribution >= 0.6 is 15.9 Å². The van der Waals surface area contributed by atoms with Crippen LogP contribution in [0.2, 0.25) is 0 Å². The molecule has 10 heteroatoms. The first-order valence-corrected chi connectivity index (χ1v) is 11.8. The van der Waals surface area contributed by atoms with Gasteiger partial charge in [0.2, 0.25) is 0 Å². The summed E-state index contributed by atoms with van der Waals surface area (Å²) in [5.74, 6) is -0.705. The number of benzene rings is 1. The number of hydroxylamine groups is 1. The van der Waals surface area contributed by atoms with E-state index in [9.17, 15) is 13.2 Å². The van der Waals surface area contributed by atoms with Crippen molar-refractivity contribution in [3.63, 3.8) is 0 Å². The molecule has 1 amide bonds. The average molecular weight is 474 g/mol. The smallest absolute Gasteiger partial charge is 0.264 e. The topological polar surface area (TPSA) is 99.5 Å². The van der Waals surface area contributed by atoms with E-state index >= 15 is 0 Å². The van der Waals surface area contributed by atoms with Crippen LogP contribution in [0, 0.1) is 0 Å². The van der Waals surface area contributed by atoms with Crippen LogP contribution in [0.25, 0.3) is 10.9 Å². The third-order valence-corrected chi connectivity index (χ3v) is 7.57. The monoisotopic (exact) mass is 473 g/mol. The van der Waals surface area contributed by atoms with E-state index in [1.54, 1.807) is 4.68 Å². The van der Waals surface area contributed by atoms with Crippen molar-refractivity contribution >= 4 is 42.6 Å². The molecule has 1 aliphatic heterocycles. The summed E-state index contributed by atoms with van der Waals surface area (Å²) < 4.78 is 31.1. The maximum Gasteiger partial charge on any atom is 0.264 e. The van der Waals surface area contributed by atoms with Gasteiger partial charge in [-0.3, -0.25) is 9.48 Å². The van der Waals surface area contributed by atoms with Crippen molar-refractivity contribution in [3.8, 4) is 0 Å². The third kappa shape index (κ3) is 4.73. The van der Waals surface area contributed by atoms with Crippen LogP contribution < -0.4 is 5.48 Å². The summed E-state index contributed by atoms with van der Waals surface area (Å²) in [5, 5.41) is 5.36. The van der Waals surface area contributed by atoms with Crippen molar-refractivity contribution in [2.75, 3.05) is 12.9 Å². The molecule has 0 bridgehead atoms. The van der Waals surface area contributed by atoms with Crippen LogP contribution in [0.15, 0.2) is 28.9 Å². The zero-order chi connectivity index (χ0) is 20.4. The second kappa shape index (κ2) is 8.48. The van der Waals surface area contributed by atoms with E-state index in [1.807, 2.05) is 24.4 Å². The lowest BCUT2D eigenvalue weighted by molar-refractivity contribution is -0.201. The molecular weight excluding hydrogens is 450 g/mol. The molecule has 1 N–H and O–H groups in total. The SMILES string of the molecule is C[C@](CCn1cc2cc(Br)ccc2n1)(C(=O)NOC1CCCCO1)S(C)(=O)=O. The number of halogens is 1. The van der Waals surface area contributed by atoms with Gasteiger partial charge in [-0.25, -0.2) is 18.7 Å². The number of hydrogen-bond acceptors (Lipinski definition) is 6. The maximum atomic E-state index is 12.7. The number of nitrogens with zero attached hydrogens (tertiary/aromatic N) is 2. The summed E-state index contributed by atoms with van der Waals surface area (Å²) in [4.78, 5) is 18.0. The fourth-order valence-electron chi connectivity index (χ4n) is 2.99. The average Bonchev–Trinajstić information content (AvgIpc) is 3.06. The number of ether oxygens (including phenoxy) is 1. The molecular formula is C18H24BrN3O5S. The van der Waals surface area contributed by atoms with Gasteiger partial charge in [0.05, 0.1) is 5.52 Å². The van der Waals surface area contributed by atoms with Gasteiger partial charge in [0, 0.05) is 41.9 Å². The van der Waals surface area contributed by atoms with Crippen LogP contribution in [0.3, 0.4) is 0 Å². The molecule has 1 aliphatic rings. The van der Waals surface area contributed by atoms with Crippen LogP contribution in [-0.4, -0.2) is 48.0 Å². The number of sulfone groups is 1. The second-order valence-electron chi connectivity index (χ2n) is 7.19. The normalized spacial score (nSPS) is 20.0. The number of aryl methyl sites for hydroxylation is 1. The molecule has 1 saturated heterocycles. The van der Waals surface area contributed by atoms with Crippen LogP contribution in [0.1, 0.15) is 32.6 Å². The highest BCUT2D eigenvalue weighted by Crippen LogP contribution is 2.24. The van der Waals surface area contributed by atoms with Crippen molar-refractivity contribution < 1.29 is 22.8 Å². The molecule has 0 radical (unpaired) electrons. The molecule has 1 fully saturated rings. The first-order valence-electron chi connectivity index (χ1n) is 9.09. The molecule has 3 rings (SSSR count). The minimum Gasteiger partial charge on any atom is -0.350 e. The fraction of sp³-hybridized carbons (Fsp3) is 0.556. The second-order valence-corrected chi connectivity index (χ2v) is 10.6. The Morgan fingerprint density at radius 2 is 2.25 bits per heavy atom. The van der Waals surface area contributed by atoms with Crippen molar-refractivity contribution in [2.45, 2.75) is 50.2 Å². The maximum absolute atomic E-state index is 12.7. The number of amides is 1. The predicted molar refractivity (Wildman–Crippen MR) is 108 cm³/mol. The van der Waals surface area contributed by atoms with Gasteiger partial charge in [0.1, 0.15) is 0 Å². The molecule has 1 unspecified atom stereocenters. The molecule has 0 spiro atoms. The summed E-state index contributed by atoms with van der Waals surface area (Å²) in [5.41, 5.74) is 3.09. The summed E-state index contributed by atoms with van der Waals surface area (Å²) in [7, 11) is -3.71. The molecule has 8 nitrogen and oxygen atoms in total. The summed E-state index contributed by atoms with van der Waals surface area (Å²) in [6.45, 7) is 2.23. The standard InChI is InChI=1S/C18H24BrN3O5S/c1-18(28(2,24)25,17(23)21-27-16-5-3-4-10-26-16)8-9-22-12-13-11-14(19)6-7-15(13)20-22/h6-7,11-12,16H,3-5,8-10H2,1-2H3,(H,21,23)/t16?,18-/m0/s1.